The molecule has 1 aromatic rings. The number of nitriles is 1. The molecule has 0 aromatic heterocycles. The molecule has 1 rings (SSSR count). The van der Waals surface area contributed by atoms with E-state index in [9.17, 15) is 9.59 Å². The highest BCUT2D eigenvalue weighted by Crippen LogP contribution is 2.12. The van der Waals surface area contributed by atoms with E-state index in [0.29, 0.717) is 5.69 Å². The molecule has 5 heteroatoms. The fourth-order valence-corrected chi connectivity index (χ4v) is 1.19. The Kier molecular flexibility index (Phi) is 4.23. The lowest BCUT2D eigenvalue weighted by molar-refractivity contribution is -0.119. The van der Waals surface area contributed by atoms with Crippen molar-refractivity contribution in [1.82, 2.24) is 0 Å². The zero-order valence-corrected chi connectivity index (χ0v) is 9.30. The van der Waals surface area contributed by atoms with Gasteiger partial charge in [-0.15, -0.1) is 0 Å². The van der Waals surface area contributed by atoms with Gasteiger partial charge in [0.05, 0.1) is 11.6 Å². The molecule has 0 saturated carbocycles. The van der Waals surface area contributed by atoms with E-state index in [1.54, 1.807) is 6.92 Å². The molecule has 0 heterocycles. The summed E-state index contributed by atoms with van der Waals surface area (Å²) >= 11 is 0. The number of aromatic carboxylic acids is 1. The Balaban J connectivity index is 2.67. The van der Waals surface area contributed by atoms with Crippen LogP contribution in [0, 0.1) is 17.2 Å². The standard InChI is InChI=1S/C12H12N2O3/c1-8(6-7-13)11(15)14-10-4-2-9(3-5-10)12(16)17/h2-5,8H,6H2,1H3,(H,14,15)(H,16,17)/t8-/m0/s1. The maximum atomic E-state index is 11.5. The normalized spacial score (nSPS) is 11.3. The van der Waals surface area contributed by atoms with Crippen molar-refractivity contribution in [3.63, 3.8) is 0 Å². The number of anilines is 1. The van der Waals surface area contributed by atoms with Crippen LogP contribution in [0.4, 0.5) is 5.69 Å². The lowest BCUT2D eigenvalue weighted by atomic mass is 10.1. The van der Waals surface area contributed by atoms with Crippen molar-refractivity contribution in [2.75, 3.05) is 5.32 Å². The summed E-state index contributed by atoms with van der Waals surface area (Å²) in [5, 5.41) is 19.8. The maximum absolute atomic E-state index is 11.5. The number of hydrogen-bond acceptors (Lipinski definition) is 3. The molecule has 0 aliphatic heterocycles. The van der Waals surface area contributed by atoms with Gasteiger partial charge in [0.1, 0.15) is 0 Å². The Morgan fingerprint density at radius 1 is 1.41 bits per heavy atom. The summed E-state index contributed by atoms with van der Waals surface area (Å²) in [6.45, 7) is 1.66. The number of rotatable bonds is 4. The molecule has 17 heavy (non-hydrogen) atoms. The maximum Gasteiger partial charge on any atom is 0.335 e. The highest BCUT2D eigenvalue weighted by Gasteiger charge is 2.12. The molecule has 2 N–H and O–H groups in total. The Morgan fingerprint density at radius 2 is 2.00 bits per heavy atom. The third kappa shape index (κ3) is 3.61. The van der Waals surface area contributed by atoms with Gasteiger partial charge in [-0.05, 0) is 24.3 Å². The Morgan fingerprint density at radius 3 is 2.47 bits per heavy atom. The van der Waals surface area contributed by atoms with Crippen LogP contribution in [0.3, 0.4) is 0 Å². The van der Waals surface area contributed by atoms with Crippen molar-refractivity contribution in [1.29, 1.82) is 5.26 Å². The van der Waals surface area contributed by atoms with Gasteiger partial charge < -0.3 is 10.4 Å². The number of carbonyl (C=O) groups is 2. The number of amides is 1. The van der Waals surface area contributed by atoms with Gasteiger partial charge in [0.25, 0.3) is 0 Å². The second-order valence-electron chi connectivity index (χ2n) is 3.64. The highest BCUT2D eigenvalue weighted by molar-refractivity contribution is 5.93. The van der Waals surface area contributed by atoms with Crippen molar-refractivity contribution in [2.45, 2.75) is 13.3 Å². The fourth-order valence-electron chi connectivity index (χ4n) is 1.19. The minimum Gasteiger partial charge on any atom is -0.478 e. The van der Waals surface area contributed by atoms with Crippen LogP contribution in [0.25, 0.3) is 0 Å². The summed E-state index contributed by atoms with van der Waals surface area (Å²) in [6, 6.07) is 7.77. The van der Waals surface area contributed by atoms with E-state index < -0.39 is 5.97 Å². The van der Waals surface area contributed by atoms with Crippen LogP contribution in [0.2, 0.25) is 0 Å². The predicted octanol–water partition coefficient (Wildman–Crippen LogP) is 1.87. The number of nitrogens with zero attached hydrogens (tertiary/aromatic N) is 1. The molecule has 0 aliphatic rings. The SMILES string of the molecule is C[C@@H](CC#N)C(=O)Nc1ccc(C(=O)O)cc1. The molecule has 0 radical (unpaired) electrons. The fraction of sp³-hybridized carbons (Fsp3) is 0.250. The second kappa shape index (κ2) is 5.66. The van der Waals surface area contributed by atoms with Crippen LogP contribution >= 0.6 is 0 Å². The first-order valence-electron chi connectivity index (χ1n) is 5.05. The minimum absolute atomic E-state index is 0.152. The van der Waals surface area contributed by atoms with Crippen molar-refractivity contribution >= 4 is 17.6 Å². The number of nitrogens with one attached hydrogen (secondary N) is 1. The molecule has 0 saturated heterocycles. The first-order valence-corrected chi connectivity index (χ1v) is 5.05. The van der Waals surface area contributed by atoms with Gasteiger partial charge in [-0.1, -0.05) is 6.92 Å². The molecule has 0 bridgehead atoms. The lowest BCUT2D eigenvalue weighted by Gasteiger charge is -2.08. The highest BCUT2D eigenvalue weighted by atomic mass is 16.4. The van der Waals surface area contributed by atoms with Crippen LogP contribution in [-0.2, 0) is 4.79 Å². The van der Waals surface area contributed by atoms with Crippen molar-refractivity contribution in [3.05, 3.63) is 29.8 Å². The van der Waals surface area contributed by atoms with Gasteiger partial charge in [-0.2, -0.15) is 5.26 Å². The number of carboxylic acid groups (broad SMARTS) is 1. The van der Waals surface area contributed by atoms with Crippen molar-refractivity contribution in [3.8, 4) is 6.07 Å². The van der Waals surface area contributed by atoms with Crippen LogP contribution < -0.4 is 5.32 Å². The van der Waals surface area contributed by atoms with E-state index in [-0.39, 0.29) is 23.8 Å². The Hall–Kier alpha value is -2.35. The summed E-state index contributed by atoms with van der Waals surface area (Å²) in [5.74, 6) is -1.66. The summed E-state index contributed by atoms with van der Waals surface area (Å²) in [4.78, 5) is 22.1. The van der Waals surface area contributed by atoms with Crippen molar-refractivity contribution < 1.29 is 14.7 Å². The molecule has 0 fully saturated rings. The van der Waals surface area contributed by atoms with Gasteiger partial charge in [-0.25, -0.2) is 4.79 Å². The summed E-state index contributed by atoms with van der Waals surface area (Å²) in [7, 11) is 0. The van der Waals surface area contributed by atoms with E-state index in [2.05, 4.69) is 5.32 Å². The van der Waals surface area contributed by atoms with Gasteiger partial charge in [0, 0.05) is 18.0 Å². The number of benzene rings is 1. The molecule has 1 amide bonds. The molecule has 1 atom stereocenters. The average Bonchev–Trinajstić information content (AvgIpc) is 2.30. The van der Waals surface area contributed by atoms with Gasteiger partial charge in [0.2, 0.25) is 5.91 Å². The Bertz CT molecular complexity index is 460. The third-order valence-corrected chi connectivity index (χ3v) is 2.24. The molecule has 88 valence electrons. The van der Waals surface area contributed by atoms with Gasteiger partial charge in [0.15, 0.2) is 0 Å². The minimum atomic E-state index is -1.01. The molecule has 0 unspecified atom stereocenters. The largest absolute Gasteiger partial charge is 0.478 e. The molecular weight excluding hydrogens is 220 g/mol. The monoisotopic (exact) mass is 232 g/mol. The van der Waals surface area contributed by atoms with E-state index in [1.807, 2.05) is 6.07 Å². The van der Waals surface area contributed by atoms with Crippen LogP contribution in [0.1, 0.15) is 23.7 Å². The average molecular weight is 232 g/mol. The van der Waals surface area contributed by atoms with Crippen molar-refractivity contribution in [2.24, 2.45) is 5.92 Å². The number of carbonyl (C=O) groups excluding carboxylic acids is 1. The lowest BCUT2D eigenvalue weighted by Crippen LogP contribution is -2.19. The van der Waals surface area contributed by atoms with Gasteiger partial charge in [-0.3, -0.25) is 4.79 Å². The Labute approximate surface area is 98.7 Å². The first kappa shape index (κ1) is 12.7. The zero-order valence-electron chi connectivity index (χ0n) is 9.30. The van der Waals surface area contributed by atoms with Crippen LogP contribution in [-0.4, -0.2) is 17.0 Å². The quantitative estimate of drug-likeness (QED) is 0.829. The first-order chi connectivity index (χ1) is 8.04. The second-order valence-corrected chi connectivity index (χ2v) is 3.64. The molecule has 5 nitrogen and oxygen atoms in total. The van der Waals surface area contributed by atoms with Crippen LogP contribution in [0.5, 0.6) is 0 Å². The summed E-state index contributed by atoms with van der Waals surface area (Å²) in [6.07, 6.45) is 0.152. The zero-order chi connectivity index (χ0) is 12.8. The molecular formula is C12H12N2O3. The van der Waals surface area contributed by atoms with Gasteiger partial charge >= 0.3 is 5.97 Å². The van der Waals surface area contributed by atoms with E-state index >= 15 is 0 Å². The topological polar surface area (TPSA) is 90.2 Å². The summed E-state index contributed by atoms with van der Waals surface area (Å²) < 4.78 is 0. The van der Waals surface area contributed by atoms with Crippen LogP contribution in [0.15, 0.2) is 24.3 Å². The number of carboxylic acids is 1. The smallest absolute Gasteiger partial charge is 0.335 e. The third-order valence-electron chi connectivity index (χ3n) is 2.24. The molecule has 0 aliphatic carbocycles. The number of hydrogen-bond donors (Lipinski definition) is 2. The predicted molar refractivity (Wildman–Crippen MR) is 61.4 cm³/mol. The molecule has 0 spiro atoms. The van der Waals surface area contributed by atoms with E-state index in [1.165, 1.54) is 24.3 Å². The van der Waals surface area contributed by atoms with E-state index in [4.69, 9.17) is 10.4 Å². The van der Waals surface area contributed by atoms with E-state index in [0.717, 1.165) is 0 Å². The summed E-state index contributed by atoms with van der Waals surface area (Å²) in [5.41, 5.74) is 0.679. The molecule has 1 aromatic carbocycles.